The molecule has 1 aromatic carbocycles. The molecule has 1 atom stereocenters. The van der Waals surface area contributed by atoms with Gasteiger partial charge in [0.15, 0.2) is 12.3 Å². The van der Waals surface area contributed by atoms with Crippen LogP contribution in [-0.2, 0) is 12.8 Å². The first-order chi connectivity index (χ1) is 8.48. The summed E-state index contributed by atoms with van der Waals surface area (Å²) >= 11 is 0. The van der Waals surface area contributed by atoms with Crippen LogP contribution < -0.4 is 0 Å². The van der Waals surface area contributed by atoms with Crippen molar-refractivity contribution >= 4 is 11.9 Å². The molecule has 0 radical (unpaired) electrons. The van der Waals surface area contributed by atoms with E-state index in [1.54, 1.807) is 0 Å². The predicted molar refractivity (Wildman–Crippen MR) is 79.0 cm³/mol. The van der Waals surface area contributed by atoms with Gasteiger partial charge in [-0.2, -0.15) is 4.58 Å². The molecule has 0 spiro atoms. The van der Waals surface area contributed by atoms with Crippen LogP contribution in [0.2, 0.25) is 0 Å². The molecule has 1 nitrogen and oxygen atoms in total. The largest absolute Gasteiger partial charge is 0.211 e. The van der Waals surface area contributed by atoms with E-state index in [0.29, 0.717) is 11.5 Å². The monoisotopic (exact) mass is 244 g/mol. The van der Waals surface area contributed by atoms with Crippen LogP contribution in [0.5, 0.6) is 0 Å². The lowest BCUT2D eigenvalue weighted by Crippen LogP contribution is -2.16. The highest BCUT2D eigenvalue weighted by molar-refractivity contribution is 5.65. The molecule has 0 amide bonds. The second kappa shape index (κ2) is 4.87. The van der Waals surface area contributed by atoms with Gasteiger partial charge in [-0.3, -0.25) is 0 Å². The molecule has 2 rings (SSSR count). The van der Waals surface area contributed by atoms with Crippen LogP contribution in [-0.4, -0.2) is 16.8 Å². The molecule has 0 aliphatic carbocycles. The van der Waals surface area contributed by atoms with E-state index in [2.05, 4.69) is 63.6 Å². The summed E-state index contributed by atoms with van der Waals surface area (Å²) in [5.74, 6) is 0. The second-order valence-electron chi connectivity index (χ2n) is 6.21. The van der Waals surface area contributed by atoms with E-state index >= 15 is 0 Å². The van der Waals surface area contributed by atoms with Gasteiger partial charge in [-0.25, -0.2) is 0 Å². The molecule has 0 saturated carbocycles. The summed E-state index contributed by atoms with van der Waals surface area (Å²) < 4.78 is 2.53. The maximum absolute atomic E-state index is 2.53. The summed E-state index contributed by atoms with van der Waals surface area (Å²) in [4.78, 5) is 0. The minimum absolute atomic E-state index is 0.325. The Hall–Kier alpha value is -1.11. The molecule has 0 aromatic heterocycles. The molecule has 18 heavy (non-hydrogen) atoms. The third-order valence-corrected chi connectivity index (χ3v) is 4.01. The van der Waals surface area contributed by atoms with Gasteiger partial charge in [-0.05, 0) is 19.8 Å². The topological polar surface area (TPSA) is 3.01 Å². The summed E-state index contributed by atoms with van der Waals surface area (Å²) in [7, 11) is 0. The van der Waals surface area contributed by atoms with Crippen molar-refractivity contribution in [1.29, 1.82) is 0 Å². The zero-order chi connectivity index (χ0) is 13.3. The van der Waals surface area contributed by atoms with Crippen molar-refractivity contribution in [3.8, 4) is 0 Å². The van der Waals surface area contributed by atoms with E-state index in [1.165, 1.54) is 23.2 Å². The van der Waals surface area contributed by atoms with Gasteiger partial charge in [-0.1, -0.05) is 45.9 Å². The summed E-state index contributed by atoms with van der Waals surface area (Å²) in [6.45, 7) is 11.5. The lowest BCUT2D eigenvalue weighted by atomic mass is 9.91. The second-order valence-corrected chi connectivity index (χ2v) is 6.21. The Bertz CT molecular complexity index is 446. The molecule has 1 heterocycles. The molecule has 1 aromatic rings. The van der Waals surface area contributed by atoms with Crippen LogP contribution in [0.15, 0.2) is 18.2 Å². The SMILES string of the molecule is CCc1cccc(CC)c1[N+]1=CC(C)(C)CC1C. The van der Waals surface area contributed by atoms with Crippen LogP contribution in [0.25, 0.3) is 0 Å². The fourth-order valence-corrected chi connectivity index (χ4v) is 3.25. The molecule has 0 fully saturated rings. The van der Waals surface area contributed by atoms with Crippen LogP contribution in [0.1, 0.15) is 52.2 Å². The van der Waals surface area contributed by atoms with Crippen molar-refractivity contribution < 1.29 is 4.58 Å². The summed E-state index contributed by atoms with van der Waals surface area (Å²) in [5, 5.41) is 0. The molecule has 0 saturated heterocycles. The standard InChI is InChI=1S/C17H26N/c1-6-14-9-8-10-15(7-2)16(14)18-12-17(4,5)11-13(18)3/h8-10,12-13H,6-7,11H2,1-5H3/q+1. The molecule has 98 valence electrons. The fourth-order valence-electron chi connectivity index (χ4n) is 3.25. The molecular formula is C17H26N+. The van der Waals surface area contributed by atoms with E-state index in [0.717, 1.165) is 12.8 Å². The molecule has 0 N–H and O–H groups in total. The molecule has 1 aliphatic rings. The molecular weight excluding hydrogens is 218 g/mol. The summed E-state index contributed by atoms with van der Waals surface area (Å²) in [6, 6.07) is 7.37. The molecule has 1 unspecified atom stereocenters. The van der Waals surface area contributed by atoms with E-state index in [-0.39, 0.29) is 0 Å². The van der Waals surface area contributed by atoms with Gasteiger partial charge in [0.2, 0.25) is 5.69 Å². The van der Waals surface area contributed by atoms with E-state index in [4.69, 9.17) is 0 Å². The Morgan fingerprint density at radius 3 is 2.11 bits per heavy atom. The van der Waals surface area contributed by atoms with E-state index in [9.17, 15) is 0 Å². The minimum Gasteiger partial charge on any atom is -0.199 e. The number of nitrogens with zero attached hydrogens (tertiary/aromatic N) is 1. The Morgan fingerprint density at radius 1 is 1.17 bits per heavy atom. The van der Waals surface area contributed by atoms with Crippen molar-refractivity contribution in [3.05, 3.63) is 29.3 Å². The Kier molecular flexibility index (Phi) is 3.61. The highest BCUT2D eigenvalue weighted by Crippen LogP contribution is 2.35. The van der Waals surface area contributed by atoms with Gasteiger partial charge in [0.05, 0.1) is 0 Å². The maximum atomic E-state index is 2.53. The van der Waals surface area contributed by atoms with E-state index < -0.39 is 0 Å². The Balaban J connectivity index is 2.57. The number of benzene rings is 1. The smallest absolute Gasteiger partial charge is 0.199 e. The van der Waals surface area contributed by atoms with Crippen molar-refractivity contribution in [2.24, 2.45) is 5.41 Å². The third-order valence-electron chi connectivity index (χ3n) is 4.01. The minimum atomic E-state index is 0.325. The first-order valence-electron chi connectivity index (χ1n) is 7.23. The zero-order valence-electron chi connectivity index (χ0n) is 12.5. The lowest BCUT2D eigenvalue weighted by molar-refractivity contribution is -0.467. The van der Waals surface area contributed by atoms with Gasteiger partial charge in [-0.15, -0.1) is 0 Å². The van der Waals surface area contributed by atoms with Gasteiger partial charge in [0.25, 0.3) is 0 Å². The Labute approximate surface area is 112 Å². The molecule has 0 bridgehead atoms. The van der Waals surface area contributed by atoms with Gasteiger partial charge in [0.1, 0.15) is 0 Å². The number of aryl methyl sites for hydroxylation is 2. The average molecular weight is 244 g/mol. The first kappa shape index (κ1) is 13.3. The summed E-state index contributed by atoms with van der Waals surface area (Å²) in [5.41, 5.74) is 4.76. The third kappa shape index (κ3) is 2.36. The first-order valence-corrected chi connectivity index (χ1v) is 7.23. The number of rotatable bonds is 3. The van der Waals surface area contributed by atoms with Crippen LogP contribution in [0.3, 0.4) is 0 Å². The van der Waals surface area contributed by atoms with Crippen molar-refractivity contribution in [1.82, 2.24) is 0 Å². The van der Waals surface area contributed by atoms with Crippen molar-refractivity contribution in [3.63, 3.8) is 0 Å². The van der Waals surface area contributed by atoms with Crippen LogP contribution in [0, 0.1) is 5.41 Å². The van der Waals surface area contributed by atoms with Gasteiger partial charge in [0, 0.05) is 23.0 Å². The molecule has 1 aliphatic heterocycles. The normalized spacial score (nSPS) is 22.1. The highest BCUT2D eigenvalue weighted by atomic mass is 15.1. The summed E-state index contributed by atoms with van der Waals surface area (Å²) in [6.07, 6.45) is 5.90. The predicted octanol–water partition coefficient (Wildman–Crippen LogP) is 4.34. The maximum Gasteiger partial charge on any atom is 0.211 e. The van der Waals surface area contributed by atoms with Crippen molar-refractivity contribution in [2.75, 3.05) is 0 Å². The fraction of sp³-hybridized carbons (Fsp3) is 0.588. The highest BCUT2D eigenvalue weighted by Gasteiger charge is 2.38. The quantitative estimate of drug-likeness (QED) is 0.696. The van der Waals surface area contributed by atoms with Crippen molar-refractivity contribution in [2.45, 2.75) is 59.9 Å². The number of para-hydroxylation sites is 1. The van der Waals surface area contributed by atoms with Crippen LogP contribution >= 0.6 is 0 Å². The van der Waals surface area contributed by atoms with Gasteiger partial charge < -0.3 is 0 Å². The number of hydrogen-bond donors (Lipinski definition) is 0. The zero-order valence-corrected chi connectivity index (χ0v) is 12.5. The van der Waals surface area contributed by atoms with E-state index in [1.807, 2.05) is 0 Å². The lowest BCUT2D eigenvalue weighted by Gasteiger charge is -2.12. The van der Waals surface area contributed by atoms with Gasteiger partial charge >= 0.3 is 0 Å². The Morgan fingerprint density at radius 2 is 1.72 bits per heavy atom. The average Bonchev–Trinajstić information content (AvgIpc) is 2.61. The number of hydrogen-bond acceptors (Lipinski definition) is 0. The molecule has 1 heteroatoms. The van der Waals surface area contributed by atoms with Crippen LogP contribution in [0.4, 0.5) is 5.69 Å².